The molecule has 0 aliphatic heterocycles. The summed E-state index contributed by atoms with van der Waals surface area (Å²) >= 11 is 0. The monoisotopic (exact) mass is 228 g/mol. The van der Waals surface area contributed by atoms with Gasteiger partial charge in [-0.25, -0.2) is 0 Å². The van der Waals surface area contributed by atoms with E-state index in [1.54, 1.807) is 0 Å². The van der Waals surface area contributed by atoms with Gasteiger partial charge in [-0.1, -0.05) is 0 Å². The molecule has 0 aromatic carbocycles. The second-order valence-corrected chi connectivity index (χ2v) is 4.38. The first-order valence-corrected chi connectivity index (χ1v) is 5.82. The minimum Gasteiger partial charge on any atom is -0.481 e. The molecule has 0 bridgehead atoms. The van der Waals surface area contributed by atoms with Crippen molar-refractivity contribution in [1.82, 2.24) is 10.6 Å². The molecule has 1 aliphatic carbocycles. The van der Waals surface area contributed by atoms with E-state index < -0.39 is 5.97 Å². The van der Waals surface area contributed by atoms with E-state index in [0.29, 0.717) is 25.4 Å². The van der Waals surface area contributed by atoms with Crippen LogP contribution < -0.4 is 10.6 Å². The molecular formula is C11H20N2O3. The van der Waals surface area contributed by atoms with E-state index >= 15 is 0 Å². The van der Waals surface area contributed by atoms with Crippen LogP contribution in [-0.4, -0.2) is 35.6 Å². The molecule has 3 N–H and O–H groups in total. The third-order valence-electron chi connectivity index (χ3n) is 2.58. The topological polar surface area (TPSA) is 78.4 Å². The molecule has 0 spiro atoms. The van der Waals surface area contributed by atoms with Crippen molar-refractivity contribution in [2.24, 2.45) is 0 Å². The predicted molar refractivity (Wildman–Crippen MR) is 60.1 cm³/mol. The van der Waals surface area contributed by atoms with Crippen LogP contribution in [0.5, 0.6) is 0 Å². The summed E-state index contributed by atoms with van der Waals surface area (Å²) in [6.07, 6.45) is 3.44. The molecule has 5 nitrogen and oxygen atoms in total. The number of aliphatic carboxylic acids is 1. The van der Waals surface area contributed by atoms with Gasteiger partial charge in [-0.15, -0.1) is 0 Å². The van der Waals surface area contributed by atoms with Crippen molar-refractivity contribution < 1.29 is 14.7 Å². The fourth-order valence-corrected chi connectivity index (χ4v) is 1.40. The van der Waals surface area contributed by atoms with Crippen molar-refractivity contribution in [1.29, 1.82) is 0 Å². The van der Waals surface area contributed by atoms with Gasteiger partial charge in [-0.05, 0) is 26.2 Å². The van der Waals surface area contributed by atoms with Crippen LogP contribution in [0.4, 0.5) is 0 Å². The summed E-state index contributed by atoms with van der Waals surface area (Å²) < 4.78 is 0. The van der Waals surface area contributed by atoms with Crippen LogP contribution in [0.15, 0.2) is 0 Å². The maximum Gasteiger partial charge on any atom is 0.303 e. The maximum absolute atomic E-state index is 11.3. The summed E-state index contributed by atoms with van der Waals surface area (Å²) in [6, 6.07) is 0.557. The highest BCUT2D eigenvalue weighted by Crippen LogP contribution is 2.18. The first kappa shape index (κ1) is 13.0. The van der Waals surface area contributed by atoms with E-state index in [0.717, 1.165) is 12.8 Å². The van der Waals surface area contributed by atoms with Gasteiger partial charge in [-0.2, -0.15) is 0 Å². The third kappa shape index (κ3) is 6.40. The molecule has 0 aromatic rings. The lowest BCUT2D eigenvalue weighted by Gasteiger charge is -2.12. The Labute approximate surface area is 95.6 Å². The molecule has 0 saturated heterocycles. The Balaban J connectivity index is 1.96. The average Bonchev–Trinajstić information content (AvgIpc) is 2.98. The maximum atomic E-state index is 11.3. The van der Waals surface area contributed by atoms with Crippen LogP contribution >= 0.6 is 0 Å². The average molecular weight is 228 g/mol. The molecule has 5 heteroatoms. The summed E-state index contributed by atoms with van der Waals surface area (Å²) in [6.45, 7) is 2.54. The van der Waals surface area contributed by atoms with E-state index in [-0.39, 0.29) is 18.4 Å². The van der Waals surface area contributed by atoms with Gasteiger partial charge in [0, 0.05) is 31.5 Å². The third-order valence-corrected chi connectivity index (χ3v) is 2.58. The van der Waals surface area contributed by atoms with Crippen molar-refractivity contribution in [2.45, 2.75) is 51.1 Å². The zero-order valence-corrected chi connectivity index (χ0v) is 9.66. The van der Waals surface area contributed by atoms with Crippen molar-refractivity contribution in [2.75, 3.05) is 6.54 Å². The first-order chi connectivity index (χ1) is 7.58. The molecule has 0 radical (unpaired) electrons. The van der Waals surface area contributed by atoms with Gasteiger partial charge in [0.15, 0.2) is 0 Å². The van der Waals surface area contributed by atoms with Gasteiger partial charge < -0.3 is 15.7 Å². The molecule has 1 unspecified atom stereocenters. The lowest BCUT2D eigenvalue weighted by molar-refractivity contribution is -0.137. The minimum atomic E-state index is -0.778. The van der Waals surface area contributed by atoms with Crippen molar-refractivity contribution in [3.8, 4) is 0 Å². The summed E-state index contributed by atoms with van der Waals surface area (Å²) in [5, 5.41) is 14.5. The zero-order valence-electron chi connectivity index (χ0n) is 9.66. The van der Waals surface area contributed by atoms with Crippen LogP contribution in [0.2, 0.25) is 0 Å². The number of nitrogens with one attached hydrogen (secondary N) is 2. The van der Waals surface area contributed by atoms with Gasteiger partial charge in [-0.3, -0.25) is 9.59 Å². The Bertz CT molecular complexity index is 252. The molecular weight excluding hydrogens is 208 g/mol. The number of carbonyl (C=O) groups is 2. The van der Waals surface area contributed by atoms with E-state index in [2.05, 4.69) is 10.6 Å². The summed E-state index contributed by atoms with van der Waals surface area (Å²) in [4.78, 5) is 21.6. The zero-order chi connectivity index (χ0) is 12.0. The van der Waals surface area contributed by atoms with Gasteiger partial charge in [0.05, 0.1) is 0 Å². The van der Waals surface area contributed by atoms with E-state index in [1.165, 1.54) is 0 Å². The van der Waals surface area contributed by atoms with Gasteiger partial charge >= 0.3 is 5.97 Å². The number of rotatable bonds is 8. The highest BCUT2D eigenvalue weighted by atomic mass is 16.4. The standard InChI is InChI=1S/C11H20N2O3/c1-8(2-5-11(15)16)12-7-6-10(14)13-9-3-4-9/h8-9,12H,2-7H2,1H3,(H,13,14)(H,15,16). The molecule has 1 rings (SSSR count). The van der Waals surface area contributed by atoms with Crippen LogP contribution in [0, 0.1) is 0 Å². The fraction of sp³-hybridized carbons (Fsp3) is 0.818. The van der Waals surface area contributed by atoms with E-state index in [1.807, 2.05) is 6.92 Å². The van der Waals surface area contributed by atoms with Gasteiger partial charge in [0.25, 0.3) is 0 Å². The number of hydrogen-bond acceptors (Lipinski definition) is 3. The number of amides is 1. The van der Waals surface area contributed by atoms with E-state index in [4.69, 9.17) is 5.11 Å². The van der Waals surface area contributed by atoms with Gasteiger partial charge in [0.1, 0.15) is 0 Å². The largest absolute Gasteiger partial charge is 0.481 e. The summed E-state index contributed by atoms with van der Waals surface area (Å²) in [5.74, 6) is -0.694. The SMILES string of the molecule is CC(CCC(=O)O)NCCC(=O)NC1CC1. The Morgan fingerprint density at radius 3 is 2.62 bits per heavy atom. The summed E-state index contributed by atoms with van der Waals surface area (Å²) in [5.41, 5.74) is 0. The number of carboxylic acids is 1. The van der Waals surface area contributed by atoms with Gasteiger partial charge in [0.2, 0.25) is 5.91 Å². The second-order valence-electron chi connectivity index (χ2n) is 4.38. The predicted octanol–water partition coefficient (Wildman–Crippen LogP) is 0.498. The molecule has 0 aromatic heterocycles. The van der Waals surface area contributed by atoms with Crippen molar-refractivity contribution >= 4 is 11.9 Å². The lowest BCUT2D eigenvalue weighted by Crippen LogP contribution is -2.33. The van der Waals surface area contributed by atoms with Crippen LogP contribution in [0.25, 0.3) is 0 Å². The lowest BCUT2D eigenvalue weighted by atomic mass is 10.2. The molecule has 92 valence electrons. The molecule has 1 aliphatic rings. The Kier molecular flexibility index (Phi) is 5.25. The van der Waals surface area contributed by atoms with Crippen molar-refractivity contribution in [3.63, 3.8) is 0 Å². The van der Waals surface area contributed by atoms with Crippen LogP contribution in [0.1, 0.15) is 39.0 Å². The second kappa shape index (κ2) is 6.48. The molecule has 16 heavy (non-hydrogen) atoms. The van der Waals surface area contributed by atoms with Crippen molar-refractivity contribution in [3.05, 3.63) is 0 Å². The smallest absolute Gasteiger partial charge is 0.303 e. The Morgan fingerprint density at radius 2 is 2.06 bits per heavy atom. The highest BCUT2D eigenvalue weighted by molar-refractivity contribution is 5.76. The molecule has 1 atom stereocenters. The Hall–Kier alpha value is -1.10. The molecule has 1 saturated carbocycles. The summed E-state index contributed by atoms with van der Waals surface area (Å²) in [7, 11) is 0. The van der Waals surface area contributed by atoms with E-state index in [9.17, 15) is 9.59 Å². The number of hydrogen-bond donors (Lipinski definition) is 3. The molecule has 1 amide bonds. The fourth-order valence-electron chi connectivity index (χ4n) is 1.40. The molecule has 0 heterocycles. The highest BCUT2D eigenvalue weighted by Gasteiger charge is 2.22. The van der Waals surface area contributed by atoms with Crippen LogP contribution in [-0.2, 0) is 9.59 Å². The minimum absolute atomic E-state index is 0.0837. The van der Waals surface area contributed by atoms with Crippen LogP contribution in [0.3, 0.4) is 0 Å². The number of carbonyl (C=O) groups excluding carboxylic acids is 1. The Morgan fingerprint density at radius 1 is 1.38 bits per heavy atom. The molecule has 1 fully saturated rings. The number of carboxylic acid groups (broad SMARTS) is 1. The quantitative estimate of drug-likeness (QED) is 0.565. The first-order valence-electron chi connectivity index (χ1n) is 5.82. The normalized spacial score (nSPS) is 16.8.